The zero-order valence-electron chi connectivity index (χ0n) is 13.5. The largest absolute Gasteiger partial charge is 2.00 e. The molecule has 0 bridgehead atoms. The third-order valence-electron chi connectivity index (χ3n) is 2.60. The van der Waals surface area contributed by atoms with E-state index in [1.807, 2.05) is 54.6 Å². The van der Waals surface area contributed by atoms with Gasteiger partial charge in [0.05, 0.1) is 22.8 Å². The fraction of sp³-hybridized carbons (Fsp3) is 0.0556. The molecule has 3 aromatic rings. The summed E-state index contributed by atoms with van der Waals surface area (Å²) in [5, 5.41) is 7.00. The van der Waals surface area contributed by atoms with Gasteiger partial charge in [0, 0.05) is 19.5 Å². The summed E-state index contributed by atoms with van der Waals surface area (Å²) in [5.41, 5.74) is 3.46. The maximum Gasteiger partial charge on any atom is 2.00 e. The molecule has 128 valence electrons. The molecular formula is C18H17MoN3O3. The predicted octanol–water partition coefficient (Wildman–Crippen LogP) is 2.26. The van der Waals surface area contributed by atoms with E-state index in [2.05, 4.69) is 28.5 Å². The van der Waals surface area contributed by atoms with Gasteiger partial charge in [0.15, 0.2) is 0 Å². The van der Waals surface area contributed by atoms with Gasteiger partial charge in [0.2, 0.25) is 0 Å². The van der Waals surface area contributed by atoms with Crippen LogP contribution < -0.4 is 0 Å². The molecule has 3 heterocycles. The van der Waals surface area contributed by atoms with Gasteiger partial charge in [-0.1, -0.05) is 18.2 Å². The average molecular weight is 419 g/mol. The standard InChI is InChI=1S/C15H11N3.CH4O.2CHO.Mo/c1-3-10-16-12(6-1)14-8-5-9-15(18-14)13-7-2-4-11-17-13;3*1-2;/h1-11H;2H,1H3;2*1H;/q;;2*-1;+2. The normalized spacial score (nSPS) is 7.92. The van der Waals surface area contributed by atoms with E-state index in [4.69, 9.17) is 14.7 Å². The number of aliphatic hydroxyl groups excluding tert-OH is 1. The molecule has 7 heteroatoms. The van der Waals surface area contributed by atoms with Crippen LogP contribution in [0.15, 0.2) is 67.0 Å². The maximum atomic E-state index is 7.75. The number of carbonyl (C=O) groups excluding carboxylic acids is 2. The summed E-state index contributed by atoms with van der Waals surface area (Å²) >= 11 is 0. The molecule has 3 rings (SSSR count). The minimum atomic E-state index is 0. The summed E-state index contributed by atoms with van der Waals surface area (Å²) in [7, 11) is 1.00. The first-order valence-electron chi connectivity index (χ1n) is 6.65. The predicted molar refractivity (Wildman–Crippen MR) is 92.3 cm³/mol. The number of rotatable bonds is 2. The molecule has 25 heavy (non-hydrogen) atoms. The van der Waals surface area contributed by atoms with Gasteiger partial charge < -0.3 is 14.7 Å². The van der Waals surface area contributed by atoms with Crippen molar-refractivity contribution in [2.24, 2.45) is 0 Å². The van der Waals surface area contributed by atoms with Gasteiger partial charge >= 0.3 is 21.1 Å². The number of hydrogen-bond donors (Lipinski definition) is 1. The summed E-state index contributed by atoms with van der Waals surface area (Å²) in [4.78, 5) is 28.7. The van der Waals surface area contributed by atoms with Crippen molar-refractivity contribution in [2.75, 3.05) is 7.11 Å². The molecule has 0 aliphatic carbocycles. The van der Waals surface area contributed by atoms with E-state index in [1.54, 1.807) is 12.4 Å². The molecule has 0 aromatic carbocycles. The Bertz CT molecular complexity index is 629. The third kappa shape index (κ3) is 8.20. The minimum Gasteiger partial charge on any atom is -0.545 e. The van der Waals surface area contributed by atoms with Crippen molar-refractivity contribution < 1.29 is 35.8 Å². The molecule has 0 amide bonds. The van der Waals surface area contributed by atoms with Gasteiger partial charge in [-0.05, 0) is 36.4 Å². The molecule has 1 N–H and O–H groups in total. The number of nitrogens with zero attached hydrogens (tertiary/aromatic N) is 3. The molecule has 0 spiro atoms. The van der Waals surface area contributed by atoms with Crippen LogP contribution >= 0.6 is 0 Å². The van der Waals surface area contributed by atoms with Crippen molar-refractivity contribution in [3.8, 4) is 22.8 Å². The fourth-order valence-corrected chi connectivity index (χ4v) is 1.75. The van der Waals surface area contributed by atoms with Crippen molar-refractivity contribution in [2.45, 2.75) is 0 Å². The van der Waals surface area contributed by atoms with Crippen LogP contribution in [0.1, 0.15) is 0 Å². The molecule has 0 aliphatic heterocycles. The second-order valence-corrected chi connectivity index (χ2v) is 3.84. The average Bonchev–Trinajstić information content (AvgIpc) is 2.74. The Morgan fingerprint density at radius 2 is 1.00 bits per heavy atom. The van der Waals surface area contributed by atoms with E-state index in [0.717, 1.165) is 29.9 Å². The Kier molecular flexibility index (Phi) is 16.1. The fourth-order valence-electron chi connectivity index (χ4n) is 1.75. The van der Waals surface area contributed by atoms with Gasteiger partial charge in [0.25, 0.3) is 0 Å². The monoisotopic (exact) mass is 421 g/mol. The molecule has 0 unspecified atom stereocenters. The van der Waals surface area contributed by atoms with Crippen molar-refractivity contribution in [3.05, 3.63) is 67.0 Å². The molecule has 6 nitrogen and oxygen atoms in total. The molecule has 0 radical (unpaired) electrons. The van der Waals surface area contributed by atoms with Crippen LogP contribution in [0.2, 0.25) is 0 Å². The van der Waals surface area contributed by atoms with E-state index in [9.17, 15) is 0 Å². The van der Waals surface area contributed by atoms with Gasteiger partial charge in [-0.2, -0.15) is 0 Å². The zero-order valence-corrected chi connectivity index (χ0v) is 15.5. The number of hydrogen-bond acceptors (Lipinski definition) is 6. The molecule has 0 saturated carbocycles. The summed E-state index contributed by atoms with van der Waals surface area (Å²) in [6.45, 7) is 6.50. The van der Waals surface area contributed by atoms with Gasteiger partial charge in [-0.15, -0.1) is 0 Å². The van der Waals surface area contributed by atoms with Gasteiger partial charge in [-0.3, -0.25) is 23.5 Å². The van der Waals surface area contributed by atoms with E-state index in [1.165, 1.54) is 0 Å². The first-order valence-corrected chi connectivity index (χ1v) is 6.65. The molecule has 0 fully saturated rings. The number of aromatic nitrogens is 3. The molecule has 0 aliphatic rings. The van der Waals surface area contributed by atoms with Gasteiger partial charge in [-0.25, -0.2) is 4.98 Å². The van der Waals surface area contributed by atoms with E-state index in [-0.39, 0.29) is 21.1 Å². The minimum absolute atomic E-state index is 0. The van der Waals surface area contributed by atoms with Crippen LogP contribution in [0, 0.1) is 0 Å². The molecule has 3 aromatic heterocycles. The van der Waals surface area contributed by atoms with E-state index in [0.29, 0.717) is 0 Å². The Labute approximate surface area is 161 Å². The van der Waals surface area contributed by atoms with Crippen molar-refractivity contribution in [1.29, 1.82) is 0 Å². The van der Waals surface area contributed by atoms with Crippen LogP contribution in [0.4, 0.5) is 0 Å². The van der Waals surface area contributed by atoms with Crippen molar-refractivity contribution in [1.82, 2.24) is 15.0 Å². The first-order chi connectivity index (χ1) is 11.9. The Balaban J connectivity index is 0. The quantitative estimate of drug-likeness (QED) is 0.389. The van der Waals surface area contributed by atoms with Crippen LogP contribution in [-0.2, 0) is 30.7 Å². The maximum absolute atomic E-state index is 7.75. The topological polar surface area (TPSA) is 93.0 Å². The van der Waals surface area contributed by atoms with Crippen LogP contribution in [0.5, 0.6) is 0 Å². The second kappa shape index (κ2) is 16.3. The Hall–Kier alpha value is -2.56. The van der Waals surface area contributed by atoms with E-state index < -0.39 is 0 Å². The smallest absolute Gasteiger partial charge is 0.545 e. The zero-order chi connectivity index (χ0) is 18.2. The summed E-state index contributed by atoms with van der Waals surface area (Å²) in [5.74, 6) is 0. The van der Waals surface area contributed by atoms with Gasteiger partial charge in [0.1, 0.15) is 0 Å². The molecular weight excluding hydrogens is 402 g/mol. The molecule has 0 saturated heterocycles. The second-order valence-electron chi connectivity index (χ2n) is 3.84. The summed E-state index contributed by atoms with van der Waals surface area (Å²) < 4.78 is 0. The Morgan fingerprint density at radius 1 is 0.640 bits per heavy atom. The van der Waals surface area contributed by atoms with Crippen LogP contribution in [0.25, 0.3) is 22.8 Å². The first kappa shape index (κ1) is 24.7. The summed E-state index contributed by atoms with van der Waals surface area (Å²) in [6.07, 6.45) is 3.54. The number of aliphatic hydroxyl groups is 1. The summed E-state index contributed by atoms with van der Waals surface area (Å²) in [6, 6.07) is 17.5. The van der Waals surface area contributed by atoms with Crippen LogP contribution in [0.3, 0.4) is 0 Å². The van der Waals surface area contributed by atoms with Crippen molar-refractivity contribution >= 4 is 13.6 Å². The van der Waals surface area contributed by atoms with Crippen LogP contribution in [-0.4, -0.2) is 40.7 Å². The van der Waals surface area contributed by atoms with Crippen molar-refractivity contribution in [3.63, 3.8) is 0 Å². The third-order valence-corrected chi connectivity index (χ3v) is 2.60. The van der Waals surface area contributed by atoms with E-state index >= 15 is 0 Å². The SMILES string of the molecule is CO.[CH-]=O.[CH-]=O.[Mo+2].c1ccc(-c2cccc(-c3ccccn3)n2)nc1. The number of pyridine rings is 3. The molecule has 0 atom stereocenters. The Morgan fingerprint density at radius 3 is 1.32 bits per heavy atom.